The first-order chi connectivity index (χ1) is 15.6. The number of amides is 2. The van der Waals surface area contributed by atoms with Crippen LogP contribution in [0.3, 0.4) is 0 Å². The molecule has 4 rings (SSSR count). The van der Waals surface area contributed by atoms with E-state index in [4.69, 9.17) is 4.42 Å². The number of furan rings is 1. The maximum atomic E-state index is 13.4. The van der Waals surface area contributed by atoms with Crippen LogP contribution in [0.4, 0.5) is 10.1 Å². The first-order valence-electron chi connectivity index (χ1n) is 10.7. The molecule has 0 bridgehead atoms. The van der Waals surface area contributed by atoms with E-state index in [2.05, 4.69) is 15.5 Å². The molecule has 1 saturated heterocycles. The molecule has 7 heteroatoms. The maximum Gasteiger partial charge on any atom is 0.291 e. The number of hydrogen-bond acceptors (Lipinski definition) is 4. The van der Waals surface area contributed by atoms with Crippen molar-refractivity contribution in [2.45, 2.75) is 25.9 Å². The molecular weight excluding hydrogens is 409 g/mol. The van der Waals surface area contributed by atoms with E-state index in [9.17, 15) is 14.0 Å². The average molecular weight is 435 g/mol. The molecule has 1 aliphatic rings. The van der Waals surface area contributed by atoms with Gasteiger partial charge in [-0.15, -0.1) is 0 Å². The Kier molecular flexibility index (Phi) is 6.97. The Morgan fingerprint density at radius 1 is 1.06 bits per heavy atom. The van der Waals surface area contributed by atoms with Gasteiger partial charge in [-0.05, 0) is 66.9 Å². The van der Waals surface area contributed by atoms with E-state index in [0.29, 0.717) is 25.3 Å². The number of nitrogens with zero attached hydrogens (tertiary/aromatic N) is 1. The number of carbonyl (C=O) groups excluding carboxylic acids is 2. The normalized spacial score (nSPS) is 16.5. The molecule has 2 amide bonds. The van der Waals surface area contributed by atoms with Crippen molar-refractivity contribution in [1.82, 2.24) is 10.2 Å². The van der Waals surface area contributed by atoms with Gasteiger partial charge in [-0.3, -0.25) is 14.5 Å². The first kappa shape index (κ1) is 21.8. The van der Waals surface area contributed by atoms with Crippen LogP contribution in [0.15, 0.2) is 71.3 Å². The Hall–Kier alpha value is -3.45. The van der Waals surface area contributed by atoms with Gasteiger partial charge in [0.2, 0.25) is 5.91 Å². The topological polar surface area (TPSA) is 74.6 Å². The van der Waals surface area contributed by atoms with E-state index >= 15 is 0 Å². The van der Waals surface area contributed by atoms with Crippen molar-refractivity contribution in [2.75, 3.05) is 18.4 Å². The van der Waals surface area contributed by atoms with Crippen LogP contribution >= 0.6 is 0 Å². The summed E-state index contributed by atoms with van der Waals surface area (Å²) in [7, 11) is 0. The van der Waals surface area contributed by atoms with Crippen LogP contribution in [0.2, 0.25) is 0 Å². The minimum Gasteiger partial charge on any atom is -0.459 e. The van der Waals surface area contributed by atoms with Crippen LogP contribution < -0.4 is 10.6 Å². The number of benzene rings is 2. The van der Waals surface area contributed by atoms with Crippen molar-refractivity contribution >= 4 is 17.5 Å². The lowest BCUT2D eigenvalue weighted by molar-refractivity contribution is -0.126. The minimum atomic E-state index is -0.322. The van der Waals surface area contributed by atoms with E-state index in [1.165, 1.54) is 12.3 Å². The Bertz CT molecular complexity index is 1070. The Labute approximate surface area is 186 Å². The van der Waals surface area contributed by atoms with Crippen molar-refractivity contribution in [1.29, 1.82) is 0 Å². The molecule has 32 heavy (non-hydrogen) atoms. The SMILES string of the molecule is O=C(Nc1cccc(CNC(=O)C2CCCN(Cc3cccc(F)c3)C2)c1)c1ccco1. The summed E-state index contributed by atoms with van der Waals surface area (Å²) in [6, 6.07) is 17.2. The third-order valence-corrected chi connectivity index (χ3v) is 5.57. The van der Waals surface area contributed by atoms with Crippen molar-refractivity contribution in [3.63, 3.8) is 0 Å². The van der Waals surface area contributed by atoms with Gasteiger partial charge in [0.05, 0.1) is 12.2 Å². The Balaban J connectivity index is 1.29. The van der Waals surface area contributed by atoms with Crippen LogP contribution in [0.5, 0.6) is 0 Å². The van der Waals surface area contributed by atoms with Crippen LogP contribution in [0.25, 0.3) is 0 Å². The molecule has 2 heterocycles. The second kappa shape index (κ2) is 10.2. The molecule has 1 aromatic heterocycles. The quantitative estimate of drug-likeness (QED) is 0.583. The molecule has 2 aromatic carbocycles. The largest absolute Gasteiger partial charge is 0.459 e. The monoisotopic (exact) mass is 435 g/mol. The fourth-order valence-corrected chi connectivity index (χ4v) is 4.00. The summed E-state index contributed by atoms with van der Waals surface area (Å²) < 4.78 is 18.6. The number of halogens is 1. The zero-order valence-electron chi connectivity index (χ0n) is 17.7. The number of carbonyl (C=O) groups is 2. The molecule has 0 aliphatic carbocycles. The zero-order valence-corrected chi connectivity index (χ0v) is 17.7. The Morgan fingerprint density at radius 2 is 1.91 bits per heavy atom. The van der Waals surface area contributed by atoms with Crippen molar-refractivity contribution < 1.29 is 18.4 Å². The molecule has 1 aliphatic heterocycles. The standard InChI is InChI=1S/C25H26FN3O3/c26-21-8-1-6-19(13-21)16-29-11-3-7-20(17-29)24(30)27-15-18-5-2-9-22(14-18)28-25(31)23-10-4-12-32-23/h1-2,4-6,8-10,12-14,20H,3,7,11,15-17H2,(H,27,30)(H,28,31). The maximum absolute atomic E-state index is 13.4. The van der Waals surface area contributed by atoms with Gasteiger partial charge in [0, 0.05) is 25.3 Å². The molecule has 166 valence electrons. The summed E-state index contributed by atoms with van der Waals surface area (Å²) in [4.78, 5) is 27.1. The fraction of sp³-hybridized carbons (Fsp3) is 0.280. The van der Waals surface area contributed by atoms with E-state index in [1.54, 1.807) is 30.3 Å². The summed E-state index contributed by atoms with van der Waals surface area (Å²) in [6.45, 7) is 2.57. The smallest absolute Gasteiger partial charge is 0.291 e. The number of hydrogen-bond donors (Lipinski definition) is 2. The summed E-state index contributed by atoms with van der Waals surface area (Å²) in [5.41, 5.74) is 2.44. The molecule has 0 spiro atoms. The van der Waals surface area contributed by atoms with Gasteiger partial charge in [-0.1, -0.05) is 24.3 Å². The van der Waals surface area contributed by atoms with Crippen molar-refractivity contribution in [3.8, 4) is 0 Å². The predicted molar refractivity (Wildman–Crippen MR) is 119 cm³/mol. The van der Waals surface area contributed by atoms with Crippen LogP contribution in [0.1, 0.15) is 34.5 Å². The van der Waals surface area contributed by atoms with Crippen LogP contribution in [-0.2, 0) is 17.9 Å². The van der Waals surface area contributed by atoms with Gasteiger partial charge >= 0.3 is 0 Å². The van der Waals surface area contributed by atoms with Crippen LogP contribution in [0, 0.1) is 11.7 Å². The van der Waals surface area contributed by atoms with Gasteiger partial charge in [0.1, 0.15) is 5.82 Å². The highest BCUT2D eigenvalue weighted by Crippen LogP contribution is 2.20. The number of piperidine rings is 1. The molecule has 1 unspecified atom stereocenters. The van der Waals surface area contributed by atoms with Gasteiger partial charge in [-0.25, -0.2) is 4.39 Å². The molecule has 1 atom stereocenters. The third kappa shape index (κ3) is 5.82. The summed E-state index contributed by atoms with van der Waals surface area (Å²) in [6.07, 6.45) is 3.22. The first-order valence-corrected chi connectivity index (χ1v) is 10.7. The second-order valence-corrected chi connectivity index (χ2v) is 8.05. The summed E-state index contributed by atoms with van der Waals surface area (Å²) in [5, 5.41) is 5.80. The fourth-order valence-electron chi connectivity index (χ4n) is 4.00. The zero-order chi connectivity index (χ0) is 22.3. The molecule has 1 fully saturated rings. The Morgan fingerprint density at radius 3 is 2.72 bits per heavy atom. The molecular formula is C25H26FN3O3. The predicted octanol–water partition coefficient (Wildman–Crippen LogP) is 4.20. The van der Waals surface area contributed by atoms with E-state index in [-0.39, 0.29) is 29.3 Å². The number of anilines is 1. The van der Waals surface area contributed by atoms with E-state index < -0.39 is 0 Å². The lowest BCUT2D eigenvalue weighted by atomic mass is 9.96. The highest BCUT2D eigenvalue weighted by atomic mass is 19.1. The second-order valence-electron chi connectivity index (χ2n) is 8.05. The van der Waals surface area contributed by atoms with Gasteiger partial charge in [-0.2, -0.15) is 0 Å². The van der Waals surface area contributed by atoms with E-state index in [1.807, 2.05) is 24.3 Å². The highest BCUT2D eigenvalue weighted by Gasteiger charge is 2.25. The molecule has 0 saturated carbocycles. The molecule has 6 nitrogen and oxygen atoms in total. The molecule has 3 aromatic rings. The summed E-state index contributed by atoms with van der Waals surface area (Å²) >= 11 is 0. The average Bonchev–Trinajstić information content (AvgIpc) is 3.33. The third-order valence-electron chi connectivity index (χ3n) is 5.57. The number of nitrogens with one attached hydrogen (secondary N) is 2. The number of rotatable bonds is 7. The molecule has 0 radical (unpaired) electrons. The van der Waals surface area contributed by atoms with Gasteiger partial charge in [0.15, 0.2) is 5.76 Å². The highest BCUT2D eigenvalue weighted by molar-refractivity contribution is 6.02. The van der Waals surface area contributed by atoms with E-state index in [0.717, 1.165) is 30.5 Å². The van der Waals surface area contributed by atoms with Crippen molar-refractivity contribution in [2.24, 2.45) is 5.92 Å². The van der Waals surface area contributed by atoms with Crippen molar-refractivity contribution in [3.05, 3.63) is 89.6 Å². The number of likely N-dealkylation sites (tertiary alicyclic amines) is 1. The van der Waals surface area contributed by atoms with Gasteiger partial charge in [0.25, 0.3) is 5.91 Å². The van der Waals surface area contributed by atoms with Crippen LogP contribution in [-0.4, -0.2) is 29.8 Å². The minimum absolute atomic E-state index is 0.0129. The molecule has 2 N–H and O–H groups in total. The lowest BCUT2D eigenvalue weighted by Gasteiger charge is -2.32. The summed E-state index contributed by atoms with van der Waals surface area (Å²) in [5.74, 6) is -0.407. The van der Waals surface area contributed by atoms with Gasteiger partial charge < -0.3 is 15.1 Å². The lowest BCUT2D eigenvalue weighted by Crippen LogP contribution is -2.42.